The SMILES string of the molecule is O=[N+]([O-])c1c(Nc2nccs2)ncnc1Nc1cccnc1Cl. The van der Waals surface area contributed by atoms with Gasteiger partial charge in [-0.15, -0.1) is 11.3 Å². The minimum absolute atomic E-state index is 0.000967. The molecule has 2 N–H and O–H groups in total. The van der Waals surface area contributed by atoms with Gasteiger partial charge in [0.2, 0.25) is 11.6 Å². The predicted octanol–water partition coefficient (Wildman–Crippen LogP) is 3.38. The molecule has 11 heteroatoms. The zero-order valence-corrected chi connectivity index (χ0v) is 12.9. The van der Waals surface area contributed by atoms with Crippen LogP contribution in [0.3, 0.4) is 0 Å². The summed E-state index contributed by atoms with van der Waals surface area (Å²) >= 11 is 7.24. The standard InChI is InChI=1S/C12H8ClN7O2S/c13-9-7(2-1-3-14-9)18-10-8(20(21)22)11(17-6-16-10)19-12-15-4-5-23-12/h1-6H,(H2,15,16,17,18,19). The molecule has 3 heterocycles. The fourth-order valence-corrected chi connectivity index (χ4v) is 2.42. The van der Waals surface area contributed by atoms with Crippen LogP contribution in [0.25, 0.3) is 0 Å². The van der Waals surface area contributed by atoms with E-state index in [2.05, 4.69) is 30.6 Å². The fraction of sp³-hybridized carbons (Fsp3) is 0. The van der Waals surface area contributed by atoms with Gasteiger partial charge in [0.05, 0.1) is 10.6 Å². The van der Waals surface area contributed by atoms with E-state index in [1.807, 2.05) is 0 Å². The highest BCUT2D eigenvalue weighted by Crippen LogP contribution is 2.34. The van der Waals surface area contributed by atoms with Gasteiger partial charge in [-0.05, 0) is 12.1 Å². The summed E-state index contributed by atoms with van der Waals surface area (Å²) in [6.45, 7) is 0. The zero-order chi connectivity index (χ0) is 16.2. The summed E-state index contributed by atoms with van der Waals surface area (Å²) in [4.78, 5) is 26.6. The Kier molecular flexibility index (Phi) is 4.26. The summed E-state index contributed by atoms with van der Waals surface area (Å²) < 4.78 is 0. The number of pyridine rings is 1. The van der Waals surface area contributed by atoms with Gasteiger partial charge in [0.25, 0.3) is 0 Å². The molecule has 0 saturated heterocycles. The summed E-state index contributed by atoms with van der Waals surface area (Å²) in [5.41, 5.74) is 0.0822. The van der Waals surface area contributed by atoms with Crippen LogP contribution in [0.15, 0.2) is 36.2 Å². The van der Waals surface area contributed by atoms with E-state index in [4.69, 9.17) is 11.6 Å². The molecule has 0 unspecified atom stereocenters. The lowest BCUT2D eigenvalue weighted by molar-refractivity contribution is -0.383. The normalized spacial score (nSPS) is 10.3. The summed E-state index contributed by atoms with van der Waals surface area (Å²) in [7, 11) is 0. The number of nitrogens with zero attached hydrogens (tertiary/aromatic N) is 5. The minimum Gasteiger partial charge on any atom is -0.332 e. The Bertz CT molecular complexity index is 843. The third-order valence-corrected chi connectivity index (χ3v) is 3.66. The average molecular weight is 350 g/mol. The van der Waals surface area contributed by atoms with Crippen LogP contribution in [0.5, 0.6) is 0 Å². The number of aromatic nitrogens is 4. The summed E-state index contributed by atoms with van der Waals surface area (Å²) in [6.07, 6.45) is 4.29. The van der Waals surface area contributed by atoms with Crippen LogP contribution in [-0.2, 0) is 0 Å². The number of nitrogens with one attached hydrogen (secondary N) is 2. The zero-order valence-electron chi connectivity index (χ0n) is 11.3. The lowest BCUT2D eigenvalue weighted by Gasteiger charge is -2.09. The van der Waals surface area contributed by atoms with Crippen LogP contribution in [0.2, 0.25) is 5.15 Å². The molecule has 0 atom stereocenters. The van der Waals surface area contributed by atoms with Crippen molar-refractivity contribution in [2.75, 3.05) is 10.6 Å². The fourth-order valence-electron chi connectivity index (χ4n) is 1.73. The van der Waals surface area contributed by atoms with Crippen molar-refractivity contribution in [1.29, 1.82) is 0 Å². The maximum atomic E-state index is 11.4. The van der Waals surface area contributed by atoms with Gasteiger partial charge in [-0.3, -0.25) is 10.1 Å². The number of hydrogen-bond donors (Lipinski definition) is 2. The first kappa shape index (κ1) is 15.1. The number of nitro groups is 1. The number of rotatable bonds is 5. The molecule has 0 aliphatic carbocycles. The van der Waals surface area contributed by atoms with Gasteiger partial charge in [0, 0.05) is 17.8 Å². The second-order valence-electron chi connectivity index (χ2n) is 4.11. The topological polar surface area (TPSA) is 119 Å². The molecule has 3 aromatic rings. The second kappa shape index (κ2) is 6.50. The van der Waals surface area contributed by atoms with Crippen LogP contribution in [0.4, 0.5) is 28.1 Å². The smallest absolute Gasteiger partial charge is 0.332 e. The van der Waals surface area contributed by atoms with Crippen LogP contribution in [0.1, 0.15) is 0 Å². The molecule has 0 bridgehead atoms. The highest BCUT2D eigenvalue weighted by molar-refractivity contribution is 7.13. The Morgan fingerprint density at radius 1 is 1.13 bits per heavy atom. The molecule has 116 valence electrons. The number of hydrogen-bond acceptors (Lipinski definition) is 9. The van der Waals surface area contributed by atoms with Crippen LogP contribution < -0.4 is 10.6 Å². The molecule has 0 fully saturated rings. The molecular formula is C12H8ClN7O2S. The van der Waals surface area contributed by atoms with E-state index in [-0.39, 0.29) is 22.5 Å². The first-order valence-electron chi connectivity index (χ1n) is 6.18. The van der Waals surface area contributed by atoms with Gasteiger partial charge in [0.15, 0.2) is 10.3 Å². The average Bonchev–Trinajstić information content (AvgIpc) is 3.02. The molecule has 0 spiro atoms. The van der Waals surface area contributed by atoms with Crippen molar-refractivity contribution in [2.45, 2.75) is 0 Å². The van der Waals surface area contributed by atoms with Gasteiger partial charge in [-0.2, -0.15) is 0 Å². The van der Waals surface area contributed by atoms with Gasteiger partial charge in [0.1, 0.15) is 6.33 Å². The third-order valence-electron chi connectivity index (χ3n) is 2.67. The van der Waals surface area contributed by atoms with E-state index in [0.717, 1.165) is 0 Å². The Hall–Kier alpha value is -2.85. The Labute approximate surface area is 138 Å². The maximum Gasteiger partial charge on any atom is 0.353 e. The van der Waals surface area contributed by atoms with E-state index >= 15 is 0 Å². The van der Waals surface area contributed by atoms with E-state index < -0.39 is 4.92 Å². The van der Waals surface area contributed by atoms with E-state index in [0.29, 0.717) is 10.8 Å². The van der Waals surface area contributed by atoms with Crippen LogP contribution in [-0.4, -0.2) is 24.9 Å². The summed E-state index contributed by atoms with van der Waals surface area (Å²) in [6, 6.07) is 3.28. The van der Waals surface area contributed by atoms with Crippen molar-refractivity contribution in [2.24, 2.45) is 0 Å². The largest absolute Gasteiger partial charge is 0.353 e. The van der Waals surface area contributed by atoms with Crippen molar-refractivity contribution in [3.8, 4) is 0 Å². The van der Waals surface area contributed by atoms with Crippen LogP contribution >= 0.6 is 22.9 Å². The first-order chi connectivity index (χ1) is 11.1. The molecule has 0 aromatic carbocycles. The minimum atomic E-state index is -0.581. The monoisotopic (exact) mass is 349 g/mol. The molecule has 3 aromatic heterocycles. The summed E-state index contributed by atoms with van der Waals surface area (Å²) in [5, 5.41) is 19.4. The van der Waals surface area contributed by atoms with Crippen molar-refractivity contribution in [3.05, 3.63) is 51.5 Å². The molecule has 3 rings (SSSR count). The Morgan fingerprint density at radius 3 is 2.57 bits per heavy atom. The summed E-state index contributed by atoms with van der Waals surface area (Å²) in [5.74, 6) is 0.0291. The Balaban J connectivity index is 2.00. The predicted molar refractivity (Wildman–Crippen MR) is 86.6 cm³/mol. The quantitative estimate of drug-likeness (QED) is 0.408. The van der Waals surface area contributed by atoms with Gasteiger partial charge < -0.3 is 10.6 Å². The lowest BCUT2D eigenvalue weighted by atomic mass is 10.3. The van der Waals surface area contributed by atoms with Gasteiger partial charge in [-0.1, -0.05) is 11.6 Å². The van der Waals surface area contributed by atoms with E-state index in [1.54, 1.807) is 23.7 Å². The maximum absolute atomic E-state index is 11.4. The number of anilines is 4. The van der Waals surface area contributed by atoms with E-state index in [9.17, 15) is 10.1 Å². The van der Waals surface area contributed by atoms with Gasteiger partial charge >= 0.3 is 5.69 Å². The van der Waals surface area contributed by atoms with Crippen molar-refractivity contribution >= 4 is 51.1 Å². The highest BCUT2D eigenvalue weighted by Gasteiger charge is 2.24. The van der Waals surface area contributed by atoms with Crippen molar-refractivity contribution in [1.82, 2.24) is 19.9 Å². The molecule has 0 amide bonds. The molecule has 0 radical (unpaired) electrons. The molecule has 0 aliphatic heterocycles. The first-order valence-corrected chi connectivity index (χ1v) is 7.44. The second-order valence-corrected chi connectivity index (χ2v) is 5.36. The molecule has 9 nitrogen and oxygen atoms in total. The third kappa shape index (κ3) is 3.33. The molecule has 0 saturated carbocycles. The van der Waals surface area contributed by atoms with Crippen molar-refractivity contribution in [3.63, 3.8) is 0 Å². The number of halogens is 1. The van der Waals surface area contributed by atoms with Gasteiger partial charge in [-0.25, -0.2) is 19.9 Å². The molecule has 0 aliphatic rings. The number of thiazole rings is 1. The lowest BCUT2D eigenvalue weighted by Crippen LogP contribution is -2.05. The highest BCUT2D eigenvalue weighted by atomic mass is 35.5. The molecule has 23 heavy (non-hydrogen) atoms. The van der Waals surface area contributed by atoms with E-state index in [1.165, 1.54) is 23.9 Å². The Morgan fingerprint density at radius 2 is 1.91 bits per heavy atom. The van der Waals surface area contributed by atoms with Crippen molar-refractivity contribution < 1.29 is 4.92 Å². The van der Waals surface area contributed by atoms with Crippen LogP contribution in [0, 0.1) is 10.1 Å². The molecular weight excluding hydrogens is 342 g/mol.